The van der Waals surface area contributed by atoms with E-state index in [0.29, 0.717) is 18.7 Å². The Balaban J connectivity index is 1.77. The predicted octanol–water partition coefficient (Wildman–Crippen LogP) is 4.88. The van der Waals surface area contributed by atoms with E-state index in [1.807, 2.05) is 72.2 Å². The van der Waals surface area contributed by atoms with Gasteiger partial charge in [0.15, 0.2) is 0 Å². The molecule has 2 aromatic carbocycles. The first kappa shape index (κ1) is 23.1. The van der Waals surface area contributed by atoms with Crippen LogP contribution in [0.3, 0.4) is 0 Å². The summed E-state index contributed by atoms with van der Waals surface area (Å²) in [5.74, 6) is 1.25. The molecule has 1 saturated heterocycles. The van der Waals surface area contributed by atoms with Gasteiger partial charge in [-0.2, -0.15) is 5.10 Å². The van der Waals surface area contributed by atoms with Crippen LogP contribution >= 0.6 is 0 Å². The smallest absolute Gasteiger partial charge is 0.254 e. The lowest BCUT2D eigenvalue weighted by Gasteiger charge is -2.27. The zero-order chi connectivity index (χ0) is 23.4. The number of para-hydroxylation sites is 1. The van der Waals surface area contributed by atoms with Crippen LogP contribution in [0.25, 0.3) is 5.69 Å². The van der Waals surface area contributed by atoms with Crippen LogP contribution in [-0.4, -0.2) is 53.9 Å². The van der Waals surface area contributed by atoms with E-state index < -0.39 is 0 Å². The number of hydrogen-bond donors (Lipinski definition) is 0. The normalized spacial score (nSPS) is 15.7. The van der Waals surface area contributed by atoms with Crippen LogP contribution in [0.4, 0.5) is 5.82 Å². The Kier molecular flexibility index (Phi) is 7.14. The average molecular weight is 447 g/mol. The highest BCUT2D eigenvalue weighted by Crippen LogP contribution is 2.32. The number of hydrogen-bond acceptors (Lipinski definition) is 4. The Morgan fingerprint density at radius 1 is 1.09 bits per heavy atom. The van der Waals surface area contributed by atoms with Crippen molar-refractivity contribution >= 4 is 11.7 Å². The second-order valence-electron chi connectivity index (χ2n) is 9.17. The first-order valence-corrected chi connectivity index (χ1v) is 11.8. The van der Waals surface area contributed by atoms with Crippen LogP contribution in [0.15, 0.2) is 60.7 Å². The molecule has 0 saturated carbocycles. The van der Waals surface area contributed by atoms with Crippen molar-refractivity contribution in [3.63, 3.8) is 0 Å². The van der Waals surface area contributed by atoms with E-state index in [-0.39, 0.29) is 17.9 Å². The van der Waals surface area contributed by atoms with Gasteiger partial charge in [0.25, 0.3) is 5.91 Å². The first-order valence-electron chi connectivity index (χ1n) is 11.8. The van der Waals surface area contributed by atoms with E-state index in [9.17, 15) is 4.79 Å². The predicted molar refractivity (Wildman–Crippen MR) is 132 cm³/mol. The van der Waals surface area contributed by atoms with Crippen molar-refractivity contribution in [2.24, 2.45) is 0 Å². The SMILES string of the molecule is CC(C)c1nn(-c2ccccc2)c(N(C)C)c1CN(CC1CCCO1)C(=O)c1ccccc1. The van der Waals surface area contributed by atoms with Gasteiger partial charge < -0.3 is 14.5 Å². The van der Waals surface area contributed by atoms with Crippen LogP contribution in [0.1, 0.15) is 54.2 Å². The number of aromatic nitrogens is 2. The van der Waals surface area contributed by atoms with Gasteiger partial charge >= 0.3 is 0 Å². The molecule has 1 aromatic heterocycles. The molecule has 0 N–H and O–H groups in total. The lowest BCUT2D eigenvalue weighted by Crippen LogP contribution is -2.37. The Morgan fingerprint density at radius 2 is 1.76 bits per heavy atom. The molecular formula is C27H34N4O2. The largest absolute Gasteiger partial charge is 0.376 e. The summed E-state index contributed by atoms with van der Waals surface area (Å²) < 4.78 is 7.91. The monoisotopic (exact) mass is 446 g/mol. The van der Waals surface area contributed by atoms with E-state index in [0.717, 1.165) is 42.2 Å². The number of anilines is 1. The van der Waals surface area contributed by atoms with Gasteiger partial charge in [0, 0.05) is 38.4 Å². The van der Waals surface area contributed by atoms with Crippen molar-refractivity contribution in [3.8, 4) is 5.69 Å². The topological polar surface area (TPSA) is 50.6 Å². The number of amides is 1. The molecule has 174 valence electrons. The summed E-state index contributed by atoms with van der Waals surface area (Å²) in [7, 11) is 4.07. The Bertz CT molecular complexity index is 1050. The number of rotatable bonds is 8. The molecule has 0 aliphatic carbocycles. The van der Waals surface area contributed by atoms with Gasteiger partial charge in [0.1, 0.15) is 5.82 Å². The Labute approximate surface area is 196 Å². The van der Waals surface area contributed by atoms with Crippen LogP contribution < -0.4 is 4.90 Å². The van der Waals surface area contributed by atoms with Crippen molar-refractivity contribution in [1.29, 1.82) is 0 Å². The third-order valence-electron chi connectivity index (χ3n) is 6.06. The van der Waals surface area contributed by atoms with Crippen LogP contribution in [-0.2, 0) is 11.3 Å². The van der Waals surface area contributed by atoms with E-state index in [1.54, 1.807) is 0 Å². The molecule has 6 heteroatoms. The van der Waals surface area contributed by atoms with Gasteiger partial charge in [0.2, 0.25) is 0 Å². The minimum absolute atomic E-state index is 0.0259. The van der Waals surface area contributed by atoms with Gasteiger partial charge in [-0.3, -0.25) is 4.79 Å². The molecule has 0 radical (unpaired) electrons. The molecule has 1 atom stereocenters. The Morgan fingerprint density at radius 3 is 2.33 bits per heavy atom. The summed E-state index contributed by atoms with van der Waals surface area (Å²) in [6.07, 6.45) is 2.11. The fourth-order valence-corrected chi connectivity index (χ4v) is 4.49. The molecule has 1 aliphatic heterocycles. The Hall–Kier alpha value is -3.12. The fraction of sp³-hybridized carbons (Fsp3) is 0.407. The summed E-state index contributed by atoms with van der Waals surface area (Å²) in [6.45, 7) is 6.15. The maximum Gasteiger partial charge on any atom is 0.254 e. The third-order valence-corrected chi connectivity index (χ3v) is 6.06. The quantitative estimate of drug-likeness (QED) is 0.495. The minimum atomic E-state index is 0.0259. The highest BCUT2D eigenvalue weighted by atomic mass is 16.5. The zero-order valence-corrected chi connectivity index (χ0v) is 20.1. The highest BCUT2D eigenvalue weighted by Gasteiger charge is 2.29. The number of carbonyl (C=O) groups is 1. The molecule has 6 nitrogen and oxygen atoms in total. The molecule has 33 heavy (non-hydrogen) atoms. The summed E-state index contributed by atoms with van der Waals surface area (Å²) in [6, 6.07) is 19.7. The second-order valence-corrected chi connectivity index (χ2v) is 9.17. The maximum atomic E-state index is 13.6. The summed E-state index contributed by atoms with van der Waals surface area (Å²) in [5.41, 5.74) is 3.81. The molecule has 0 spiro atoms. The molecule has 1 fully saturated rings. The van der Waals surface area contributed by atoms with Crippen LogP contribution in [0.5, 0.6) is 0 Å². The number of benzene rings is 2. The van der Waals surface area contributed by atoms with Crippen molar-refractivity contribution in [1.82, 2.24) is 14.7 Å². The van der Waals surface area contributed by atoms with E-state index >= 15 is 0 Å². The van der Waals surface area contributed by atoms with Crippen molar-refractivity contribution in [2.75, 3.05) is 32.1 Å². The molecule has 2 heterocycles. The lowest BCUT2D eigenvalue weighted by atomic mass is 10.0. The number of ether oxygens (including phenoxy) is 1. The summed E-state index contributed by atoms with van der Waals surface area (Å²) in [5, 5.41) is 5.02. The van der Waals surface area contributed by atoms with Gasteiger partial charge in [-0.05, 0) is 43.0 Å². The highest BCUT2D eigenvalue weighted by molar-refractivity contribution is 5.94. The van der Waals surface area contributed by atoms with Crippen molar-refractivity contribution in [3.05, 3.63) is 77.5 Å². The van der Waals surface area contributed by atoms with Gasteiger partial charge in [-0.1, -0.05) is 50.2 Å². The first-order chi connectivity index (χ1) is 16.0. The maximum absolute atomic E-state index is 13.6. The average Bonchev–Trinajstić information content (AvgIpc) is 3.47. The second kappa shape index (κ2) is 10.2. The van der Waals surface area contributed by atoms with Gasteiger partial charge in [0.05, 0.1) is 24.0 Å². The molecule has 0 bridgehead atoms. The molecular weight excluding hydrogens is 412 g/mol. The molecule has 1 unspecified atom stereocenters. The molecule has 1 aliphatic rings. The third kappa shape index (κ3) is 5.11. The van der Waals surface area contributed by atoms with Gasteiger partial charge in [-0.15, -0.1) is 0 Å². The standard InChI is InChI=1S/C27H34N4O2/c1-20(2)25-24(26(29(3)4)31(28-25)22-14-9-6-10-15-22)19-30(18-23-16-11-17-33-23)27(32)21-12-7-5-8-13-21/h5-10,12-15,20,23H,11,16-19H2,1-4H3. The molecule has 3 aromatic rings. The van der Waals surface area contributed by atoms with Crippen LogP contribution in [0.2, 0.25) is 0 Å². The zero-order valence-electron chi connectivity index (χ0n) is 20.1. The fourth-order valence-electron chi connectivity index (χ4n) is 4.49. The van der Waals surface area contributed by atoms with Crippen LogP contribution in [0, 0.1) is 0 Å². The van der Waals surface area contributed by atoms with E-state index in [2.05, 4.69) is 30.9 Å². The molecule has 4 rings (SSSR count). The minimum Gasteiger partial charge on any atom is -0.376 e. The number of nitrogens with zero attached hydrogens (tertiary/aromatic N) is 4. The van der Waals surface area contributed by atoms with Gasteiger partial charge in [-0.25, -0.2) is 4.68 Å². The lowest BCUT2D eigenvalue weighted by molar-refractivity contribution is 0.0507. The molecule has 1 amide bonds. The van der Waals surface area contributed by atoms with E-state index in [4.69, 9.17) is 9.84 Å². The summed E-state index contributed by atoms with van der Waals surface area (Å²) in [4.78, 5) is 17.6. The number of carbonyl (C=O) groups excluding carboxylic acids is 1. The van der Waals surface area contributed by atoms with Crippen molar-refractivity contribution in [2.45, 2.75) is 45.3 Å². The van der Waals surface area contributed by atoms with E-state index in [1.165, 1.54) is 0 Å². The van der Waals surface area contributed by atoms with Crippen molar-refractivity contribution < 1.29 is 9.53 Å². The summed E-state index contributed by atoms with van der Waals surface area (Å²) >= 11 is 0.